The zero-order chi connectivity index (χ0) is 15.4. The second-order valence-electron chi connectivity index (χ2n) is 5.44. The van der Waals surface area contributed by atoms with E-state index in [9.17, 15) is 18.3 Å². The predicted octanol–water partition coefficient (Wildman–Crippen LogP) is 0.949. The fourth-order valence-corrected chi connectivity index (χ4v) is 4.67. The number of nitrogens with one attached hydrogen (secondary N) is 1. The highest BCUT2D eigenvalue weighted by molar-refractivity contribution is 7.91. The van der Waals surface area contributed by atoms with E-state index in [1.807, 2.05) is 11.8 Å². The minimum atomic E-state index is -3.01. The van der Waals surface area contributed by atoms with E-state index in [1.165, 1.54) is 0 Å². The number of hydrogen-bond acceptors (Lipinski definition) is 5. The van der Waals surface area contributed by atoms with Crippen LogP contribution in [-0.2, 0) is 14.6 Å². The number of carbonyl (C=O) groups is 1. The highest BCUT2D eigenvalue weighted by Crippen LogP contribution is 2.39. The quantitative estimate of drug-likeness (QED) is 0.800. The van der Waals surface area contributed by atoms with Crippen molar-refractivity contribution >= 4 is 38.7 Å². The fourth-order valence-electron chi connectivity index (χ4n) is 2.83. The number of anilines is 2. The van der Waals surface area contributed by atoms with E-state index in [4.69, 9.17) is 11.6 Å². The van der Waals surface area contributed by atoms with Gasteiger partial charge in [-0.3, -0.25) is 4.79 Å². The van der Waals surface area contributed by atoms with Crippen LogP contribution in [0.2, 0.25) is 5.02 Å². The number of aliphatic hydroxyl groups is 1. The summed E-state index contributed by atoms with van der Waals surface area (Å²) in [5.41, 5.74) is 1.64. The first-order chi connectivity index (χ1) is 9.78. The lowest BCUT2D eigenvalue weighted by Crippen LogP contribution is -2.47. The summed E-state index contributed by atoms with van der Waals surface area (Å²) in [5.74, 6) is -0.317. The SMILES string of the molecule is CC1CS(=O)(=O)CCN1c1cc2c(cc1Cl)C(O)C(=O)N2. The van der Waals surface area contributed by atoms with Crippen LogP contribution in [0.1, 0.15) is 18.6 Å². The minimum absolute atomic E-state index is 0.0788. The van der Waals surface area contributed by atoms with E-state index in [0.717, 1.165) is 0 Å². The largest absolute Gasteiger partial charge is 0.378 e. The predicted molar refractivity (Wildman–Crippen MR) is 80.5 cm³/mol. The molecule has 0 radical (unpaired) electrons. The van der Waals surface area contributed by atoms with Crippen molar-refractivity contribution in [2.24, 2.45) is 0 Å². The molecule has 2 aliphatic heterocycles. The number of nitrogens with zero attached hydrogens (tertiary/aromatic N) is 1. The summed E-state index contributed by atoms with van der Waals surface area (Å²) in [5, 5.41) is 12.7. The molecule has 0 spiro atoms. The second-order valence-corrected chi connectivity index (χ2v) is 8.08. The molecule has 6 nitrogen and oxygen atoms in total. The van der Waals surface area contributed by atoms with Gasteiger partial charge < -0.3 is 15.3 Å². The lowest BCUT2D eigenvalue weighted by atomic mass is 10.1. The Hall–Kier alpha value is -1.31. The summed E-state index contributed by atoms with van der Waals surface area (Å²) in [6.45, 7) is 2.19. The zero-order valence-corrected chi connectivity index (χ0v) is 12.9. The minimum Gasteiger partial charge on any atom is -0.378 e. The lowest BCUT2D eigenvalue weighted by Gasteiger charge is -2.35. The molecule has 114 valence electrons. The number of amides is 1. The Balaban J connectivity index is 1.98. The summed E-state index contributed by atoms with van der Waals surface area (Å²) >= 11 is 6.25. The van der Waals surface area contributed by atoms with E-state index in [2.05, 4.69) is 5.32 Å². The van der Waals surface area contributed by atoms with Crippen molar-refractivity contribution in [2.45, 2.75) is 19.1 Å². The maximum atomic E-state index is 11.6. The van der Waals surface area contributed by atoms with Crippen LogP contribution in [0, 0.1) is 0 Å². The van der Waals surface area contributed by atoms with Crippen molar-refractivity contribution in [3.63, 3.8) is 0 Å². The van der Waals surface area contributed by atoms with Crippen molar-refractivity contribution in [3.05, 3.63) is 22.7 Å². The Bertz CT molecular complexity index is 719. The first-order valence-corrected chi connectivity index (χ1v) is 8.78. The summed E-state index contributed by atoms with van der Waals surface area (Å²) in [6.07, 6.45) is -1.20. The van der Waals surface area contributed by atoms with Crippen LogP contribution in [-0.4, -0.2) is 43.5 Å². The van der Waals surface area contributed by atoms with Crippen molar-refractivity contribution in [1.29, 1.82) is 0 Å². The fraction of sp³-hybridized carbons (Fsp3) is 0.462. The standard InChI is InChI=1S/C13H15ClN2O4S/c1-7-6-21(19,20)3-2-16(7)11-5-10-8(4-9(11)14)12(17)13(18)15-10/h4-5,7,12,17H,2-3,6H2,1H3,(H,15,18). The molecule has 1 aromatic carbocycles. The molecule has 2 aliphatic rings. The van der Waals surface area contributed by atoms with Gasteiger partial charge in [0.15, 0.2) is 15.9 Å². The van der Waals surface area contributed by atoms with Crippen LogP contribution in [0.25, 0.3) is 0 Å². The molecule has 0 bridgehead atoms. The van der Waals surface area contributed by atoms with Gasteiger partial charge in [-0.1, -0.05) is 11.6 Å². The Morgan fingerprint density at radius 1 is 1.43 bits per heavy atom. The van der Waals surface area contributed by atoms with Gasteiger partial charge in [0, 0.05) is 23.8 Å². The number of halogens is 1. The summed E-state index contributed by atoms with van der Waals surface area (Å²) in [6, 6.07) is 3.06. The molecule has 21 heavy (non-hydrogen) atoms. The number of benzene rings is 1. The number of rotatable bonds is 1. The van der Waals surface area contributed by atoms with E-state index < -0.39 is 21.8 Å². The normalized spacial score (nSPS) is 27.4. The van der Waals surface area contributed by atoms with Crippen LogP contribution < -0.4 is 10.2 Å². The molecule has 0 aliphatic carbocycles. The molecular formula is C13H15ClN2O4S. The third-order valence-electron chi connectivity index (χ3n) is 3.90. The molecule has 3 rings (SSSR count). The molecule has 0 aromatic heterocycles. The third kappa shape index (κ3) is 2.49. The summed E-state index contributed by atoms with van der Waals surface area (Å²) < 4.78 is 23.3. The topological polar surface area (TPSA) is 86.7 Å². The number of carbonyl (C=O) groups excluding carboxylic acids is 1. The van der Waals surface area contributed by atoms with E-state index in [1.54, 1.807) is 12.1 Å². The number of aliphatic hydroxyl groups excluding tert-OH is 1. The molecule has 2 N–H and O–H groups in total. The van der Waals surface area contributed by atoms with Crippen LogP contribution in [0.3, 0.4) is 0 Å². The van der Waals surface area contributed by atoms with Gasteiger partial charge in [-0.2, -0.15) is 0 Å². The van der Waals surface area contributed by atoms with Crippen LogP contribution in [0.15, 0.2) is 12.1 Å². The molecule has 2 unspecified atom stereocenters. The average molecular weight is 331 g/mol. The van der Waals surface area contributed by atoms with Crippen LogP contribution in [0.5, 0.6) is 0 Å². The van der Waals surface area contributed by atoms with Crippen molar-refractivity contribution in [1.82, 2.24) is 0 Å². The molecule has 2 atom stereocenters. The second kappa shape index (κ2) is 4.86. The summed E-state index contributed by atoms with van der Waals surface area (Å²) in [4.78, 5) is 13.4. The van der Waals surface area contributed by atoms with Crippen LogP contribution >= 0.6 is 11.6 Å². The van der Waals surface area contributed by atoms with Gasteiger partial charge in [0.1, 0.15) is 0 Å². The van der Waals surface area contributed by atoms with Crippen LogP contribution in [0.4, 0.5) is 11.4 Å². The molecule has 2 heterocycles. The monoisotopic (exact) mass is 330 g/mol. The third-order valence-corrected chi connectivity index (χ3v) is 6.00. The van der Waals surface area contributed by atoms with Crippen molar-refractivity contribution in [3.8, 4) is 0 Å². The maximum Gasteiger partial charge on any atom is 0.257 e. The Kier molecular flexibility index (Phi) is 3.38. The first kappa shape index (κ1) is 14.6. The Labute approximate surface area is 127 Å². The Morgan fingerprint density at radius 2 is 2.14 bits per heavy atom. The molecule has 1 amide bonds. The molecule has 1 aromatic rings. The average Bonchev–Trinajstić information content (AvgIpc) is 2.64. The highest BCUT2D eigenvalue weighted by Gasteiger charge is 2.33. The van der Waals surface area contributed by atoms with E-state index in [0.29, 0.717) is 28.5 Å². The molecule has 8 heteroatoms. The number of hydrogen-bond donors (Lipinski definition) is 2. The Morgan fingerprint density at radius 3 is 2.81 bits per heavy atom. The molecule has 1 fully saturated rings. The summed E-state index contributed by atoms with van der Waals surface area (Å²) in [7, 11) is -3.01. The molecular weight excluding hydrogens is 316 g/mol. The van der Waals surface area contributed by atoms with Gasteiger partial charge in [-0.05, 0) is 19.1 Å². The highest BCUT2D eigenvalue weighted by atomic mass is 35.5. The first-order valence-electron chi connectivity index (χ1n) is 6.58. The molecule has 1 saturated heterocycles. The molecule has 0 saturated carbocycles. The van der Waals surface area contributed by atoms with E-state index >= 15 is 0 Å². The van der Waals surface area contributed by atoms with Gasteiger partial charge in [0.25, 0.3) is 5.91 Å². The van der Waals surface area contributed by atoms with Gasteiger partial charge in [0.2, 0.25) is 0 Å². The number of sulfone groups is 1. The smallest absolute Gasteiger partial charge is 0.257 e. The van der Waals surface area contributed by atoms with Gasteiger partial charge in [-0.25, -0.2) is 8.42 Å². The van der Waals surface area contributed by atoms with Crippen molar-refractivity contribution < 1.29 is 18.3 Å². The lowest BCUT2D eigenvalue weighted by molar-refractivity contribution is -0.123. The zero-order valence-electron chi connectivity index (χ0n) is 11.3. The van der Waals surface area contributed by atoms with Gasteiger partial charge in [0.05, 0.1) is 22.2 Å². The van der Waals surface area contributed by atoms with Gasteiger partial charge in [-0.15, -0.1) is 0 Å². The number of fused-ring (bicyclic) bond motifs is 1. The maximum absolute atomic E-state index is 11.6. The van der Waals surface area contributed by atoms with Crippen molar-refractivity contribution in [2.75, 3.05) is 28.3 Å². The van der Waals surface area contributed by atoms with Gasteiger partial charge >= 0.3 is 0 Å². The van der Waals surface area contributed by atoms with E-state index in [-0.39, 0.29) is 17.5 Å².